The van der Waals surface area contributed by atoms with Crippen LogP contribution in [0.3, 0.4) is 0 Å². The van der Waals surface area contributed by atoms with Gasteiger partial charge < -0.3 is 5.73 Å². The third-order valence-electron chi connectivity index (χ3n) is 1.63. The first-order valence-corrected chi connectivity index (χ1v) is 4.84. The van der Waals surface area contributed by atoms with Crippen LogP contribution in [0.5, 0.6) is 0 Å². The summed E-state index contributed by atoms with van der Waals surface area (Å²) in [5.41, 5.74) is 17.6. The van der Waals surface area contributed by atoms with E-state index in [0.29, 0.717) is 6.54 Å². The van der Waals surface area contributed by atoms with E-state index in [4.69, 9.17) is 16.8 Å². The average molecular weight is 208 g/mol. The first-order chi connectivity index (χ1) is 7.34. The number of aliphatic imine (C=N–C) groups is 1. The van der Waals surface area contributed by atoms with Gasteiger partial charge in [0.25, 0.3) is 0 Å². The molecular formula is C11H20N4. The van der Waals surface area contributed by atoms with E-state index in [1.165, 1.54) is 17.5 Å². The van der Waals surface area contributed by atoms with E-state index in [1.54, 1.807) is 0 Å². The number of hydrogen-bond donors (Lipinski definition) is 3. The lowest BCUT2D eigenvalue weighted by molar-refractivity contribution is 1.05. The molecule has 0 aliphatic rings. The summed E-state index contributed by atoms with van der Waals surface area (Å²) in [6, 6.07) is 8.16. The van der Waals surface area contributed by atoms with Gasteiger partial charge in [0.15, 0.2) is 0 Å². The van der Waals surface area contributed by atoms with Gasteiger partial charge in [-0.2, -0.15) is 0 Å². The van der Waals surface area contributed by atoms with Crippen molar-refractivity contribution in [1.29, 1.82) is 11.1 Å². The number of nitrogens with two attached hydrogens (primary N) is 1. The summed E-state index contributed by atoms with van der Waals surface area (Å²) in [6.45, 7) is 6.75. The summed E-state index contributed by atoms with van der Waals surface area (Å²) < 4.78 is 0. The molecule has 4 N–H and O–H groups in total. The van der Waals surface area contributed by atoms with Crippen LogP contribution in [0.4, 0.5) is 0 Å². The molecule has 0 atom stereocenters. The maximum absolute atomic E-state index is 5.13. The normalized spacial score (nSPS) is 8.47. The average Bonchev–Trinajstić information content (AvgIpc) is 2.33. The predicted molar refractivity (Wildman–Crippen MR) is 64.3 cm³/mol. The summed E-state index contributed by atoms with van der Waals surface area (Å²) in [7, 11) is 0. The second-order valence-electron chi connectivity index (χ2n) is 2.42. The molecule has 0 aromatic heterocycles. The molecule has 0 radical (unpaired) electrons. The fourth-order valence-corrected chi connectivity index (χ4v) is 0.939. The number of aryl methyl sites for hydroxylation is 1. The molecule has 0 saturated heterocycles. The van der Waals surface area contributed by atoms with Gasteiger partial charge in [-0.3, -0.25) is 4.99 Å². The highest BCUT2D eigenvalue weighted by molar-refractivity contribution is 5.51. The van der Waals surface area contributed by atoms with E-state index in [9.17, 15) is 0 Å². The molecule has 84 valence electrons. The van der Waals surface area contributed by atoms with Gasteiger partial charge in [0.2, 0.25) is 0 Å². The molecule has 1 aromatic rings. The Balaban J connectivity index is 0. The number of rotatable bonds is 2. The van der Waals surface area contributed by atoms with Crippen LogP contribution in [0.1, 0.15) is 25.0 Å². The van der Waals surface area contributed by atoms with Crippen molar-refractivity contribution in [3.63, 3.8) is 0 Å². The molecular weight excluding hydrogens is 188 g/mol. The van der Waals surface area contributed by atoms with Gasteiger partial charge in [-0.15, -0.1) is 0 Å². The van der Waals surface area contributed by atoms with Crippen LogP contribution in [0, 0.1) is 18.0 Å². The lowest BCUT2D eigenvalue weighted by atomic mass is 10.1. The molecule has 0 bridgehead atoms. The van der Waals surface area contributed by atoms with Gasteiger partial charge in [-0.25, -0.2) is 11.1 Å². The monoisotopic (exact) mass is 208 g/mol. The van der Waals surface area contributed by atoms with Crippen LogP contribution in [0.25, 0.3) is 0 Å². The van der Waals surface area contributed by atoms with Gasteiger partial charge in [-0.1, -0.05) is 38.1 Å². The van der Waals surface area contributed by atoms with E-state index >= 15 is 0 Å². The molecule has 4 nitrogen and oxygen atoms in total. The molecule has 1 rings (SSSR count). The Bertz CT molecular complexity index is 271. The van der Waals surface area contributed by atoms with E-state index < -0.39 is 0 Å². The number of benzene rings is 1. The third kappa shape index (κ3) is 7.37. The Morgan fingerprint density at radius 1 is 1.27 bits per heavy atom. The Hall–Kier alpha value is -1.71. The van der Waals surface area contributed by atoms with Crippen molar-refractivity contribution in [3.8, 4) is 0 Å². The Labute approximate surface area is 91.5 Å². The van der Waals surface area contributed by atoms with Crippen LogP contribution >= 0.6 is 0 Å². The minimum Gasteiger partial charge on any atom is -0.390 e. The lowest BCUT2D eigenvalue weighted by Crippen LogP contribution is -1.91. The number of nitrogens with zero attached hydrogens (tertiary/aromatic N) is 1. The van der Waals surface area contributed by atoms with Crippen LogP contribution in [0.2, 0.25) is 0 Å². The highest BCUT2D eigenvalue weighted by Crippen LogP contribution is 2.07. The number of nitrogens with one attached hydrogen (secondary N) is 2. The van der Waals surface area contributed by atoms with Crippen LogP contribution in [-0.4, -0.2) is 6.34 Å². The topological polar surface area (TPSA) is 86.1 Å². The molecule has 4 heteroatoms. The standard InChI is InChI=1S/C9H12N2.C2H6.H2N2/c1-8-4-2-3-5-9(8)6-11-7-10;2*1-2/h2-5,7H,6H2,1H3,(H2,10,11);1-2H3;1-2H. The molecule has 1 aromatic carbocycles. The maximum atomic E-state index is 5.13. The smallest absolute Gasteiger partial charge is 0.0801 e. The minimum atomic E-state index is 0.684. The molecule has 0 aliphatic heterocycles. The highest BCUT2D eigenvalue weighted by atomic mass is 14.8. The van der Waals surface area contributed by atoms with Crippen molar-refractivity contribution in [2.45, 2.75) is 27.3 Å². The van der Waals surface area contributed by atoms with Crippen molar-refractivity contribution < 1.29 is 0 Å². The minimum absolute atomic E-state index is 0.684. The zero-order valence-corrected chi connectivity index (χ0v) is 9.62. The molecule has 0 amide bonds. The zero-order valence-electron chi connectivity index (χ0n) is 9.62. The Morgan fingerprint density at radius 3 is 2.27 bits per heavy atom. The molecule has 0 heterocycles. The fourth-order valence-electron chi connectivity index (χ4n) is 0.939. The van der Waals surface area contributed by atoms with Gasteiger partial charge in [0.1, 0.15) is 0 Å². The summed E-state index contributed by atoms with van der Waals surface area (Å²) in [5.74, 6) is 0. The van der Waals surface area contributed by atoms with Gasteiger partial charge in [0, 0.05) is 0 Å². The summed E-state index contributed by atoms with van der Waals surface area (Å²) >= 11 is 0. The second kappa shape index (κ2) is 12.3. The Morgan fingerprint density at radius 2 is 1.80 bits per heavy atom. The molecule has 0 aliphatic carbocycles. The summed E-state index contributed by atoms with van der Waals surface area (Å²) in [5, 5.41) is 0. The van der Waals surface area contributed by atoms with Gasteiger partial charge >= 0.3 is 0 Å². The van der Waals surface area contributed by atoms with E-state index in [2.05, 4.69) is 24.0 Å². The molecule has 0 spiro atoms. The summed E-state index contributed by atoms with van der Waals surface area (Å²) in [4.78, 5) is 3.96. The quantitative estimate of drug-likeness (QED) is 0.389. The largest absolute Gasteiger partial charge is 0.390 e. The maximum Gasteiger partial charge on any atom is 0.0801 e. The van der Waals surface area contributed by atoms with Crippen molar-refractivity contribution in [3.05, 3.63) is 35.4 Å². The van der Waals surface area contributed by atoms with E-state index in [-0.39, 0.29) is 0 Å². The lowest BCUT2D eigenvalue weighted by Gasteiger charge is -1.99. The van der Waals surface area contributed by atoms with E-state index in [1.807, 2.05) is 26.0 Å². The summed E-state index contributed by atoms with van der Waals surface area (Å²) in [6.07, 6.45) is 1.34. The third-order valence-corrected chi connectivity index (χ3v) is 1.63. The fraction of sp³-hybridized carbons (Fsp3) is 0.364. The van der Waals surface area contributed by atoms with Crippen LogP contribution < -0.4 is 5.73 Å². The van der Waals surface area contributed by atoms with Crippen LogP contribution in [0.15, 0.2) is 29.3 Å². The zero-order chi connectivity index (χ0) is 12.1. The van der Waals surface area contributed by atoms with Crippen molar-refractivity contribution in [2.24, 2.45) is 10.7 Å². The predicted octanol–water partition coefficient (Wildman–Crippen LogP) is 3.10. The molecule has 0 fully saturated rings. The Kier molecular flexibility index (Phi) is 12.9. The molecule has 15 heavy (non-hydrogen) atoms. The second-order valence-corrected chi connectivity index (χ2v) is 2.42. The first kappa shape index (κ1) is 15.7. The first-order valence-electron chi connectivity index (χ1n) is 4.84. The number of hydrogen-bond acceptors (Lipinski definition) is 3. The highest BCUT2D eigenvalue weighted by Gasteiger charge is 1.92. The molecule has 0 saturated carbocycles. The van der Waals surface area contributed by atoms with Crippen molar-refractivity contribution in [2.75, 3.05) is 0 Å². The molecule has 0 unspecified atom stereocenters. The van der Waals surface area contributed by atoms with Crippen molar-refractivity contribution in [1.82, 2.24) is 0 Å². The van der Waals surface area contributed by atoms with Crippen LogP contribution in [-0.2, 0) is 6.54 Å². The van der Waals surface area contributed by atoms with Gasteiger partial charge in [0.05, 0.1) is 12.9 Å². The SMILES string of the molecule is CC.Cc1ccccc1CN=CN.N=N. The van der Waals surface area contributed by atoms with E-state index in [0.717, 1.165) is 0 Å². The van der Waals surface area contributed by atoms with Gasteiger partial charge in [-0.05, 0) is 18.1 Å². The van der Waals surface area contributed by atoms with Crippen molar-refractivity contribution >= 4 is 6.34 Å².